The lowest BCUT2D eigenvalue weighted by Crippen LogP contribution is -2.36. The molecule has 3 nitrogen and oxygen atoms in total. The van der Waals surface area contributed by atoms with E-state index in [1.54, 1.807) is 24.4 Å². The van der Waals surface area contributed by atoms with Crippen molar-refractivity contribution in [3.05, 3.63) is 65.7 Å². The topological polar surface area (TPSA) is 42.0 Å². The van der Waals surface area contributed by atoms with Gasteiger partial charge in [0.15, 0.2) is 0 Å². The van der Waals surface area contributed by atoms with Gasteiger partial charge in [0, 0.05) is 24.5 Å². The number of carbonyl (C=O) groups excluding carboxylic acids is 1. The zero-order valence-electron chi connectivity index (χ0n) is 12.4. The lowest BCUT2D eigenvalue weighted by Gasteiger charge is -2.16. The second kappa shape index (κ2) is 6.26. The number of amides is 1. The van der Waals surface area contributed by atoms with Crippen molar-refractivity contribution in [1.82, 2.24) is 10.3 Å². The van der Waals surface area contributed by atoms with Crippen LogP contribution in [0.3, 0.4) is 0 Å². The number of nitrogens with one attached hydrogen (secondary N) is 1. The van der Waals surface area contributed by atoms with Crippen molar-refractivity contribution in [2.24, 2.45) is 0 Å². The van der Waals surface area contributed by atoms with Crippen LogP contribution in [-0.2, 0) is 16.6 Å². The molecular weight excluding hydrogens is 279 g/mol. The summed E-state index contributed by atoms with van der Waals surface area (Å²) in [6.45, 7) is 0.601. The van der Waals surface area contributed by atoms with Gasteiger partial charge < -0.3 is 5.32 Å². The largest absolute Gasteiger partial charge is 0.355 e. The Balaban J connectivity index is 1.53. The molecule has 22 heavy (non-hydrogen) atoms. The third-order valence-electron chi connectivity index (χ3n) is 4.22. The maximum absolute atomic E-state index is 13.9. The van der Waals surface area contributed by atoms with E-state index in [2.05, 4.69) is 10.3 Å². The van der Waals surface area contributed by atoms with Gasteiger partial charge in [-0.05, 0) is 43.4 Å². The molecule has 2 aromatic rings. The summed E-state index contributed by atoms with van der Waals surface area (Å²) < 4.78 is 13.9. The van der Waals surface area contributed by atoms with Crippen LogP contribution in [0, 0.1) is 5.82 Å². The first-order valence-corrected chi connectivity index (χ1v) is 7.65. The van der Waals surface area contributed by atoms with E-state index in [0.29, 0.717) is 12.1 Å². The molecule has 1 aliphatic carbocycles. The molecule has 1 aliphatic rings. The number of pyridine rings is 1. The molecule has 0 saturated heterocycles. The molecule has 1 saturated carbocycles. The smallest absolute Gasteiger partial charge is 0.230 e. The Bertz CT molecular complexity index is 653. The van der Waals surface area contributed by atoms with Crippen molar-refractivity contribution >= 4 is 5.91 Å². The normalized spacial score (nSPS) is 15.3. The molecule has 0 radical (unpaired) electrons. The van der Waals surface area contributed by atoms with E-state index in [1.165, 1.54) is 6.07 Å². The monoisotopic (exact) mass is 298 g/mol. The predicted molar refractivity (Wildman–Crippen MR) is 82.9 cm³/mol. The molecule has 1 N–H and O–H groups in total. The van der Waals surface area contributed by atoms with Gasteiger partial charge in [-0.25, -0.2) is 4.39 Å². The number of rotatable bonds is 6. The summed E-state index contributed by atoms with van der Waals surface area (Å²) in [5.41, 5.74) is 1.05. The van der Waals surface area contributed by atoms with Crippen LogP contribution in [0.5, 0.6) is 0 Å². The third-order valence-corrected chi connectivity index (χ3v) is 4.22. The average molecular weight is 298 g/mol. The number of aromatic nitrogens is 1. The molecule has 0 bridgehead atoms. The number of hydrogen-bond acceptors (Lipinski definition) is 2. The van der Waals surface area contributed by atoms with Crippen molar-refractivity contribution < 1.29 is 9.18 Å². The molecule has 0 spiro atoms. The van der Waals surface area contributed by atoms with Crippen molar-refractivity contribution in [3.63, 3.8) is 0 Å². The number of nitrogens with zero attached hydrogens (tertiary/aromatic N) is 1. The van der Waals surface area contributed by atoms with E-state index in [9.17, 15) is 9.18 Å². The van der Waals surface area contributed by atoms with Gasteiger partial charge in [0.1, 0.15) is 5.82 Å². The number of hydrogen-bond donors (Lipinski definition) is 1. The highest BCUT2D eigenvalue weighted by atomic mass is 19.1. The minimum Gasteiger partial charge on any atom is -0.355 e. The molecule has 1 fully saturated rings. The van der Waals surface area contributed by atoms with E-state index in [-0.39, 0.29) is 11.7 Å². The van der Waals surface area contributed by atoms with Crippen LogP contribution >= 0.6 is 0 Å². The first-order chi connectivity index (χ1) is 10.7. The van der Waals surface area contributed by atoms with Crippen LogP contribution in [0.1, 0.15) is 30.4 Å². The summed E-state index contributed by atoms with van der Waals surface area (Å²) in [4.78, 5) is 16.5. The molecule has 114 valence electrons. The number of benzene rings is 1. The maximum atomic E-state index is 13.9. The molecule has 1 amide bonds. The van der Waals surface area contributed by atoms with Gasteiger partial charge in [0.05, 0.1) is 5.41 Å². The highest BCUT2D eigenvalue weighted by Crippen LogP contribution is 2.49. The van der Waals surface area contributed by atoms with Crippen molar-refractivity contribution in [2.45, 2.75) is 31.1 Å². The molecule has 3 rings (SSSR count). The van der Waals surface area contributed by atoms with Crippen LogP contribution < -0.4 is 5.32 Å². The SMILES string of the molecule is O=C(NCCCc1cccnc1)C1(c2ccccc2F)CC1. The highest BCUT2D eigenvalue weighted by Gasteiger charge is 2.52. The fourth-order valence-corrected chi connectivity index (χ4v) is 2.80. The van der Waals surface area contributed by atoms with Gasteiger partial charge in [-0.1, -0.05) is 24.3 Å². The predicted octanol–water partition coefficient (Wildman–Crippen LogP) is 3.00. The fourth-order valence-electron chi connectivity index (χ4n) is 2.80. The first kappa shape index (κ1) is 14.7. The van der Waals surface area contributed by atoms with Gasteiger partial charge in [0.2, 0.25) is 5.91 Å². The van der Waals surface area contributed by atoms with E-state index >= 15 is 0 Å². The molecule has 0 unspecified atom stereocenters. The summed E-state index contributed by atoms with van der Waals surface area (Å²) in [5, 5.41) is 2.96. The molecule has 4 heteroatoms. The first-order valence-electron chi connectivity index (χ1n) is 7.65. The van der Waals surface area contributed by atoms with Crippen LogP contribution in [0.25, 0.3) is 0 Å². The quantitative estimate of drug-likeness (QED) is 0.833. The molecule has 0 aliphatic heterocycles. The van der Waals surface area contributed by atoms with Crippen LogP contribution in [-0.4, -0.2) is 17.4 Å². The van der Waals surface area contributed by atoms with Crippen molar-refractivity contribution in [2.75, 3.05) is 6.54 Å². The minimum atomic E-state index is -0.639. The summed E-state index contributed by atoms with van der Waals surface area (Å²) in [6.07, 6.45) is 6.76. The van der Waals surface area contributed by atoms with Gasteiger partial charge in [0.25, 0.3) is 0 Å². The zero-order chi connectivity index (χ0) is 15.4. The lowest BCUT2D eigenvalue weighted by atomic mass is 9.94. The Labute approximate surface area is 129 Å². The van der Waals surface area contributed by atoms with Gasteiger partial charge in [-0.3, -0.25) is 9.78 Å². The Hall–Kier alpha value is -2.23. The molecule has 1 aromatic heterocycles. The summed E-state index contributed by atoms with van der Waals surface area (Å²) in [6, 6.07) is 10.5. The van der Waals surface area contributed by atoms with Crippen LogP contribution in [0.4, 0.5) is 4.39 Å². The lowest BCUT2D eigenvalue weighted by molar-refractivity contribution is -0.123. The molecule has 0 atom stereocenters. The number of aryl methyl sites for hydroxylation is 1. The number of carbonyl (C=O) groups is 1. The van der Waals surface area contributed by atoms with E-state index in [4.69, 9.17) is 0 Å². The standard InChI is InChI=1S/C18H19FN2O/c19-16-8-2-1-7-15(16)18(9-10-18)17(22)21-12-4-6-14-5-3-11-20-13-14/h1-3,5,7-8,11,13H,4,6,9-10,12H2,(H,21,22). The van der Waals surface area contributed by atoms with Gasteiger partial charge >= 0.3 is 0 Å². The summed E-state index contributed by atoms with van der Waals surface area (Å²) >= 11 is 0. The average Bonchev–Trinajstić information content (AvgIpc) is 3.34. The Morgan fingerprint density at radius 2 is 2.05 bits per heavy atom. The van der Waals surface area contributed by atoms with Gasteiger partial charge in [-0.15, -0.1) is 0 Å². The van der Waals surface area contributed by atoms with Crippen LogP contribution in [0.15, 0.2) is 48.8 Å². The minimum absolute atomic E-state index is 0.0520. The van der Waals surface area contributed by atoms with Crippen molar-refractivity contribution in [3.8, 4) is 0 Å². The van der Waals surface area contributed by atoms with Crippen molar-refractivity contribution in [1.29, 1.82) is 0 Å². The zero-order valence-corrected chi connectivity index (χ0v) is 12.4. The Morgan fingerprint density at radius 3 is 2.73 bits per heavy atom. The fraction of sp³-hybridized carbons (Fsp3) is 0.333. The number of halogens is 1. The van der Waals surface area contributed by atoms with E-state index in [0.717, 1.165) is 31.2 Å². The molecule has 1 heterocycles. The maximum Gasteiger partial charge on any atom is 0.230 e. The third kappa shape index (κ3) is 3.01. The second-order valence-electron chi connectivity index (χ2n) is 5.78. The second-order valence-corrected chi connectivity index (χ2v) is 5.78. The highest BCUT2D eigenvalue weighted by molar-refractivity contribution is 5.91. The van der Waals surface area contributed by atoms with Gasteiger partial charge in [-0.2, -0.15) is 0 Å². The summed E-state index contributed by atoms with van der Waals surface area (Å²) in [5.74, 6) is -0.339. The summed E-state index contributed by atoms with van der Waals surface area (Å²) in [7, 11) is 0. The van der Waals surface area contributed by atoms with E-state index < -0.39 is 5.41 Å². The molecule has 1 aromatic carbocycles. The van der Waals surface area contributed by atoms with Crippen LogP contribution in [0.2, 0.25) is 0 Å². The molecular formula is C18H19FN2O. The van der Waals surface area contributed by atoms with E-state index in [1.807, 2.05) is 18.3 Å². The Morgan fingerprint density at radius 1 is 1.23 bits per heavy atom. The Kier molecular flexibility index (Phi) is 4.18.